The average Bonchev–Trinajstić information content (AvgIpc) is 3.66. The summed E-state index contributed by atoms with van der Waals surface area (Å²) in [6.45, 7) is 7.66. The molecule has 4 atom stereocenters. The van der Waals surface area contributed by atoms with Crippen molar-refractivity contribution in [3.05, 3.63) is 91.6 Å². The van der Waals surface area contributed by atoms with Gasteiger partial charge in [-0.1, -0.05) is 19.8 Å². The molecule has 2 N–H and O–H groups in total. The van der Waals surface area contributed by atoms with E-state index in [2.05, 4.69) is 11.2 Å². The minimum absolute atomic E-state index is 0.0103. The molecule has 14 heteroatoms. The summed E-state index contributed by atoms with van der Waals surface area (Å²) in [5, 5.41) is 12.2. The molecule has 3 aromatic rings. The summed E-state index contributed by atoms with van der Waals surface area (Å²) < 4.78 is 95.6. The number of fused-ring (bicyclic) bond motifs is 2. The van der Waals surface area contributed by atoms with E-state index in [1.807, 2.05) is 4.90 Å². The Hall–Kier alpha value is -4.61. The molecule has 52 heavy (non-hydrogen) atoms. The molecule has 0 aliphatic carbocycles. The van der Waals surface area contributed by atoms with Crippen LogP contribution in [0.5, 0.6) is 0 Å². The first-order valence-corrected chi connectivity index (χ1v) is 16.8. The number of morpholine rings is 1. The molecule has 0 radical (unpaired) electrons. The van der Waals surface area contributed by atoms with Crippen LogP contribution in [-0.2, 0) is 26.9 Å². The molecule has 2 fully saturated rings. The molecule has 3 heterocycles. The molecule has 1 aromatic heterocycles. The lowest BCUT2D eigenvalue weighted by molar-refractivity contribution is -0.139. The Bertz CT molecular complexity index is 1960. The zero-order valence-electron chi connectivity index (χ0n) is 29.0. The van der Waals surface area contributed by atoms with Gasteiger partial charge in [0.25, 0.3) is 5.56 Å². The van der Waals surface area contributed by atoms with Crippen LogP contribution in [-0.4, -0.2) is 58.3 Å². The third-order valence-corrected chi connectivity index (χ3v) is 9.68. The molecule has 278 valence electrons. The van der Waals surface area contributed by atoms with Gasteiger partial charge in [0.05, 0.1) is 30.7 Å². The summed E-state index contributed by atoms with van der Waals surface area (Å²) in [5.41, 5.74) is -3.25. The van der Waals surface area contributed by atoms with Gasteiger partial charge in [-0.25, -0.2) is 13.2 Å². The number of aromatic nitrogens is 1. The van der Waals surface area contributed by atoms with Crippen LogP contribution in [0.1, 0.15) is 78.6 Å². The minimum Gasteiger partial charge on any atom is -0.481 e. The molecule has 2 aliphatic rings. The molecular weight excluding hydrogens is 692 g/mol. The number of aliphatic carboxylic acids is 1. The minimum atomic E-state index is -4.87. The SMILES string of the molecule is C#Cc1cc(F)c([C@@H](CC(=O)O)NC(=O)[C@@H](CC(C)C)n2cc(CCN3C[C@H]4C[C@@H]3CO4)c(C(F)(F)F)cc2=O)c(F)c1-c1c(C)cc(F)cc1C. The molecular formula is C38H39F6N3O5. The number of hydrogen-bond acceptors (Lipinski definition) is 5. The van der Waals surface area contributed by atoms with Gasteiger partial charge in [0.1, 0.15) is 23.5 Å². The summed E-state index contributed by atoms with van der Waals surface area (Å²) in [4.78, 5) is 41.5. The first-order chi connectivity index (χ1) is 24.4. The lowest BCUT2D eigenvalue weighted by Crippen LogP contribution is -2.41. The van der Waals surface area contributed by atoms with Crippen LogP contribution in [0.25, 0.3) is 11.1 Å². The molecule has 0 spiro atoms. The second-order valence-corrected chi connectivity index (χ2v) is 13.9. The van der Waals surface area contributed by atoms with Crippen molar-refractivity contribution in [2.45, 2.75) is 83.8 Å². The maximum Gasteiger partial charge on any atom is 0.416 e. The zero-order chi connectivity index (χ0) is 38.2. The standard InChI is InChI=1S/C38H39F6N3O5/c1-6-22-12-28(40)35(36(41)34(22)33-20(4)10-24(39)11-21(33)5)29(15-32(49)50)45-37(51)30(9-19(2)3)47-16-23(27(14-31(47)48)38(42,43)44)7-8-46-17-26-13-25(46)18-52-26/h1,10-12,14,16,19,25-26,29-30H,7-9,13,15,17-18H2,2-5H3,(H,45,51)(H,49,50)/t25-,26-,29-,30-/m1/s1. The summed E-state index contributed by atoms with van der Waals surface area (Å²) >= 11 is 0. The summed E-state index contributed by atoms with van der Waals surface area (Å²) in [6, 6.07) is 0.217. The topological polar surface area (TPSA) is 101 Å². The van der Waals surface area contributed by atoms with Gasteiger partial charge in [0, 0.05) is 48.1 Å². The van der Waals surface area contributed by atoms with Crippen LogP contribution >= 0.6 is 0 Å². The van der Waals surface area contributed by atoms with Gasteiger partial charge in [-0.05, 0) is 79.5 Å². The third-order valence-electron chi connectivity index (χ3n) is 9.68. The first-order valence-electron chi connectivity index (χ1n) is 16.8. The Morgan fingerprint density at radius 3 is 2.31 bits per heavy atom. The maximum atomic E-state index is 16.6. The predicted octanol–water partition coefficient (Wildman–Crippen LogP) is 6.48. The zero-order valence-corrected chi connectivity index (χ0v) is 29.0. The van der Waals surface area contributed by atoms with Gasteiger partial charge >= 0.3 is 12.1 Å². The highest BCUT2D eigenvalue weighted by Gasteiger charge is 2.40. The van der Waals surface area contributed by atoms with Crippen molar-refractivity contribution >= 4 is 11.9 Å². The number of alkyl halides is 3. The molecule has 2 aliphatic heterocycles. The number of aryl methyl sites for hydroxylation is 2. The van der Waals surface area contributed by atoms with Gasteiger partial charge in [0.2, 0.25) is 5.91 Å². The number of rotatable bonds is 12. The maximum absolute atomic E-state index is 16.6. The average molecular weight is 732 g/mol. The van der Waals surface area contributed by atoms with Crippen LogP contribution in [0.15, 0.2) is 35.3 Å². The van der Waals surface area contributed by atoms with Crippen molar-refractivity contribution in [1.29, 1.82) is 0 Å². The number of carbonyl (C=O) groups is 2. The number of amides is 1. The van der Waals surface area contributed by atoms with Crippen molar-refractivity contribution in [2.24, 2.45) is 5.92 Å². The van der Waals surface area contributed by atoms with Crippen LogP contribution in [0.4, 0.5) is 26.3 Å². The highest BCUT2D eigenvalue weighted by Crippen LogP contribution is 2.39. The number of halogens is 6. The fourth-order valence-electron chi connectivity index (χ4n) is 7.39. The lowest BCUT2D eigenvalue weighted by Gasteiger charge is -2.28. The van der Waals surface area contributed by atoms with Gasteiger partial charge < -0.3 is 19.7 Å². The smallest absolute Gasteiger partial charge is 0.416 e. The van der Waals surface area contributed by atoms with Gasteiger partial charge in [-0.15, -0.1) is 6.42 Å². The molecule has 0 unspecified atom stereocenters. The fourth-order valence-corrected chi connectivity index (χ4v) is 7.39. The largest absolute Gasteiger partial charge is 0.481 e. The number of carboxylic acids is 1. The molecule has 2 saturated heterocycles. The number of carbonyl (C=O) groups excluding carboxylic acids is 1. The number of hydrogen-bond donors (Lipinski definition) is 2. The lowest BCUT2D eigenvalue weighted by atomic mass is 9.88. The normalized spacial score (nSPS) is 18.4. The van der Waals surface area contributed by atoms with Gasteiger partial charge in [0.15, 0.2) is 0 Å². The Labute approximate surface area is 296 Å². The highest BCUT2D eigenvalue weighted by molar-refractivity contribution is 5.83. The quantitative estimate of drug-likeness (QED) is 0.163. The van der Waals surface area contributed by atoms with Crippen LogP contribution in [0.3, 0.4) is 0 Å². The Balaban J connectivity index is 1.57. The van der Waals surface area contributed by atoms with E-state index < -0.39 is 70.7 Å². The van der Waals surface area contributed by atoms with E-state index in [-0.39, 0.29) is 70.8 Å². The molecule has 8 nitrogen and oxygen atoms in total. The number of carboxylic acid groups (broad SMARTS) is 1. The van der Waals surface area contributed by atoms with E-state index in [1.54, 1.807) is 13.8 Å². The molecule has 2 bridgehead atoms. The van der Waals surface area contributed by atoms with Crippen molar-refractivity contribution < 1.29 is 45.8 Å². The third kappa shape index (κ3) is 8.05. The van der Waals surface area contributed by atoms with E-state index in [0.717, 1.165) is 35.4 Å². The first kappa shape index (κ1) is 38.6. The van der Waals surface area contributed by atoms with Crippen LogP contribution in [0.2, 0.25) is 0 Å². The molecule has 5 rings (SSSR count). The number of terminal acetylenes is 1. The highest BCUT2D eigenvalue weighted by atomic mass is 19.4. The van der Waals surface area contributed by atoms with Gasteiger partial charge in [-0.2, -0.15) is 13.2 Å². The number of nitrogens with one attached hydrogen (secondary N) is 1. The molecule has 1 amide bonds. The molecule has 2 aromatic carbocycles. The van der Waals surface area contributed by atoms with Crippen LogP contribution in [0, 0.1) is 49.6 Å². The van der Waals surface area contributed by atoms with Crippen molar-refractivity contribution in [2.75, 3.05) is 19.7 Å². The number of benzene rings is 2. The van der Waals surface area contributed by atoms with Crippen LogP contribution < -0.4 is 10.9 Å². The number of likely N-dealkylation sites (tertiary alicyclic amines) is 1. The second kappa shape index (κ2) is 15.2. The number of nitrogens with zero attached hydrogens (tertiary/aromatic N) is 2. The Morgan fingerprint density at radius 2 is 1.77 bits per heavy atom. The molecule has 0 saturated carbocycles. The Morgan fingerprint density at radius 1 is 1.10 bits per heavy atom. The number of pyridine rings is 1. The predicted molar refractivity (Wildman–Crippen MR) is 180 cm³/mol. The monoisotopic (exact) mass is 731 g/mol. The van der Waals surface area contributed by atoms with Crippen molar-refractivity contribution in [1.82, 2.24) is 14.8 Å². The Kier molecular flexibility index (Phi) is 11.3. The summed E-state index contributed by atoms with van der Waals surface area (Å²) in [6.07, 6.45) is 1.30. The second-order valence-electron chi connectivity index (χ2n) is 13.9. The van der Waals surface area contributed by atoms with Gasteiger partial charge in [-0.3, -0.25) is 19.3 Å². The van der Waals surface area contributed by atoms with E-state index >= 15 is 8.78 Å². The summed E-state index contributed by atoms with van der Waals surface area (Å²) in [7, 11) is 0. The fraction of sp³-hybridized carbons (Fsp3) is 0.447. The summed E-state index contributed by atoms with van der Waals surface area (Å²) in [5.74, 6) is -3.86. The van der Waals surface area contributed by atoms with Crippen molar-refractivity contribution in [3.8, 4) is 23.5 Å². The van der Waals surface area contributed by atoms with E-state index in [1.165, 1.54) is 13.8 Å². The van der Waals surface area contributed by atoms with E-state index in [4.69, 9.17) is 11.2 Å². The number of ether oxygens (including phenoxy) is 1. The van der Waals surface area contributed by atoms with Crippen molar-refractivity contribution in [3.63, 3.8) is 0 Å². The van der Waals surface area contributed by atoms with E-state index in [9.17, 15) is 37.1 Å². The van der Waals surface area contributed by atoms with E-state index in [0.29, 0.717) is 19.2 Å².